The van der Waals surface area contributed by atoms with Crippen molar-refractivity contribution in [3.05, 3.63) is 81.0 Å². The monoisotopic (exact) mass is 544 g/mol. The van der Waals surface area contributed by atoms with E-state index in [9.17, 15) is 10.3 Å². The quantitative estimate of drug-likeness (QED) is 0.260. The molecule has 0 spiro atoms. The van der Waals surface area contributed by atoms with Gasteiger partial charge in [0.15, 0.2) is 5.65 Å². The van der Waals surface area contributed by atoms with Crippen molar-refractivity contribution < 1.29 is 10.3 Å². The molecule has 1 aromatic carbocycles. The molecular weight excluding hydrogens is 519 g/mol. The molecule has 4 rings (SSSR count). The summed E-state index contributed by atoms with van der Waals surface area (Å²) in [6.45, 7) is 6.33. The highest BCUT2D eigenvalue weighted by atomic mass is 127. The van der Waals surface area contributed by atoms with Gasteiger partial charge in [-0.3, -0.25) is 14.3 Å². The molecule has 9 heteroatoms. The normalized spacial score (nSPS) is 12.2. The molecule has 0 fully saturated rings. The maximum Gasteiger partial charge on any atom is 0.168 e. The summed E-state index contributed by atoms with van der Waals surface area (Å²) in [5.74, 6) is 0.487. The van der Waals surface area contributed by atoms with Crippen LogP contribution in [0.4, 0.5) is 5.82 Å². The summed E-state index contributed by atoms with van der Waals surface area (Å²) in [6.07, 6.45) is 6.47. The first-order valence-electron chi connectivity index (χ1n) is 10.1. The first-order chi connectivity index (χ1) is 15.5. The molecule has 1 atom stereocenters. The van der Waals surface area contributed by atoms with Gasteiger partial charge < -0.3 is 5.11 Å². The summed E-state index contributed by atoms with van der Waals surface area (Å²) in [4.78, 5) is 0. The smallest absolute Gasteiger partial charge is 0.168 e. The van der Waals surface area contributed by atoms with Crippen molar-refractivity contribution in [2.45, 2.75) is 26.0 Å². The lowest BCUT2D eigenvalue weighted by molar-refractivity contribution is 0.220. The lowest BCUT2D eigenvalue weighted by Gasteiger charge is -2.24. The second kappa shape index (κ2) is 9.31. The van der Waals surface area contributed by atoms with Crippen molar-refractivity contribution in [1.29, 1.82) is 0 Å². The van der Waals surface area contributed by atoms with Gasteiger partial charge in [-0.15, -0.1) is 10.2 Å². The second-order valence-electron chi connectivity index (χ2n) is 7.38. The predicted octanol–water partition coefficient (Wildman–Crippen LogP) is 3.72. The molecule has 8 nitrogen and oxygen atoms in total. The van der Waals surface area contributed by atoms with Gasteiger partial charge in [-0.1, -0.05) is 57.0 Å². The van der Waals surface area contributed by atoms with Crippen molar-refractivity contribution in [1.82, 2.24) is 24.4 Å². The number of hydrogen-bond acceptors (Lipinski definition) is 6. The molecule has 4 aromatic rings. The van der Waals surface area contributed by atoms with Gasteiger partial charge in [0.1, 0.15) is 18.2 Å². The van der Waals surface area contributed by atoms with Gasteiger partial charge in [-0.2, -0.15) is 5.10 Å². The van der Waals surface area contributed by atoms with E-state index in [4.69, 9.17) is 0 Å². The molecule has 0 saturated heterocycles. The number of aromatic nitrogens is 5. The largest absolute Gasteiger partial charge is 0.383 e. The molecule has 0 radical (unpaired) electrons. The average Bonchev–Trinajstić information content (AvgIpc) is 3.46. The van der Waals surface area contributed by atoms with Crippen LogP contribution in [0, 0.1) is 3.57 Å². The minimum atomic E-state index is -0.946. The van der Waals surface area contributed by atoms with Gasteiger partial charge in [0.2, 0.25) is 0 Å². The number of aryl methyl sites for hydroxylation is 2. The van der Waals surface area contributed by atoms with Crippen LogP contribution >= 0.6 is 20.7 Å². The third kappa shape index (κ3) is 3.98. The van der Waals surface area contributed by atoms with Gasteiger partial charge in [0.05, 0.1) is 12.7 Å². The lowest BCUT2D eigenvalue weighted by atomic mass is 10.0. The number of rotatable bonds is 8. The average molecular weight is 544 g/mol. The fourth-order valence-corrected chi connectivity index (χ4v) is 5.31. The van der Waals surface area contributed by atoms with E-state index >= 15 is 0 Å². The fourth-order valence-electron chi connectivity index (χ4n) is 3.87. The van der Waals surface area contributed by atoms with Gasteiger partial charge in [-0.05, 0) is 29.7 Å². The van der Waals surface area contributed by atoms with Crippen LogP contribution in [0.25, 0.3) is 11.7 Å². The highest BCUT2D eigenvalue weighted by molar-refractivity contribution is 14.2. The number of hydrogen-bond donors (Lipinski definition) is 2. The van der Waals surface area contributed by atoms with E-state index in [0.29, 0.717) is 34.7 Å². The Morgan fingerprint density at radius 1 is 1.34 bits per heavy atom. The standard InChI is InChI=1S/C23H25IN6O2/c1-5-15-8-7-9-20(24-3)19(15)13-30(32)23-16(6-2)10-18(22-27-25-14-29(22)23)21(31)17-11-26-28(4)12-17/h6-12,14,21,31-32H,2-3,5,13H2,1,4H3. The minimum Gasteiger partial charge on any atom is -0.383 e. The van der Waals surface area contributed by atoms with E-state index in [1.165, 1.54) is 20.5 Å². The summed E-state index contributed by atoms with van der Waals surface area (Å²) < 4.78 is 8.65. The maximum absolute atomic E-state index is 11.2. The number of halogens is 1. The number of nitrogens with zero attached hydrogens (tertiary/aromatic N) is 6. The molecule has 0 bridgehead atoms. The first-order valence-corrected chi connectivity index (χ1v) is 12.7. The molecule has 0 amide bonds. The van der Waals surface area contributed by atoms with E-state index < -0.39 is 26.8 Å². The van der Waals surface area contributed by atoms with Crippen LogP contribution in [0.5, 0.6) is 0 Å². The highest BCUT2D eigenvalue weighted by Crippen LogP contribution is 2.32. The van der Waals surface area contributed by atoms with Crippen LogP contribution < -0.4 is 5.06 Å². The molecular formula is C23H25IN6O2. The zero-order valence-electron chi connectivity index (χ0n) is 18.0. The Morgan fingerprint density at radius 2 is 2.16 bits per heavy atom. The van der Waals surface area contributed by atoms with E-state index in [1.807, 2.05) is 6.07 Å². The zero-order chi connectivity index (χ0) is 22.8. The van der Waals surface area contributed by atoms with Crippen LogP contribution in [0.3, 0.4) is 0 Å². The zero-order valence-corrected chi connectivity index (χ0v) is 20.1. The summed E-state index contributed by atoms with van der Waals surface area (Å²) in [7, 11) is 1.79. The Morgan fingerprint density at radius 3 is 2.81 bits per heavy atom. The molecule has 0 saturated carbocycles. The number of hydroxylamine groups is 1. The third-order valence-corrected chi connectivity index (χ3v) is 7.28. The van der Waals surface area contributed by atoms with Gasteiger partial charge in [0.25, 0.3) is 0 Å². The van der Waals surface area contributed by atoms with E-state index in [1.54, 1.807) is 40.7 Å². The van der Waals surface area contributed by atoms with Crippen LogP contribution in [0.1, 0.15) is 40.8 Å². The number of aliphatic hydroxyl groups is 1. The Hall–Kier alpha value is -2.89. The third-order valence-electron chi connectivity index (χ3n) is 5.45. The molecule has 1 unspecified atom stereocenters. The number of anilines is 1. The van der Waals surface area contributed by atoms with E-state index in [-0.39, 0.29) is 0 Å². The maximum atomic E-state index is 11.2. The highest BCUT2D eigenvalue weighted by Gasteiger charge is 2.23. The van der Waals surface area contributed by atoms with Crippen molar-refractivity contribution in [2.75, 3.05) is 5.06 Å². The molecule has 166 valence electrons. The molecule has 3 aromatic heterocycles. The first kappa shape index (κ1) is 22.3. The van der Waals surface area contributed by atoms with Crippen LogP contribution in [0.2, 0.25) is 0 Å². The SMILES string of the molecule is C=Cc1cc(C(O)c2cnn(C)c2)c2nncn2c1N(O)Cc1c(CC)cccc1I=C. The Bertz CT molecular complexity index is 1300. The topological polar surface area (TPSA) is 91.7 Å². The van der Waals surface area contributed by atoms with E-state index in [2.05, 4.69) is 45.4 Å². The fraction of sp³-hybridized carbons (Fsp3) is 0.217. The summed E-state index contributed by atoms with van der Waals surface area (Å²) in [6, 6.07) is 8.00. The molecule has 3 heterocycles. The number of pyridine rings is 1. The number of aliphatic hydroxyl groups excluding tert-OH is 1. The number of fused-ring (bicyclic) bond motifs is 1. The van der Waals surface area contributed by atoms with Crippen molar-refractivity contribution in [2.24, 2.45) is 7.05 Å². The van der Waals surface area contributed by atoms with Gasteiger partial charge >= 0.3 is 0 Å². The molecule has 2 N–H and O–H groups in total. The molecule has 0 aliphatic rings. The summed E-state index contributed by atoms with van der Waals surface area (Å²) >= 11 is -0.394. The Balaban J connectivity index is 1.82. The van der Waals surface area contributed by atoms with Crippen LogP contribution in [0.15, 0.2) is 49.6 Å². The van der Waals surface area contributed by atoms with E-state index in [0.717, 1.165) is 12.0 Å². The molecule has 0 aliphatic heterocycles. The summed E-state index contributed by atoms with van der Waals surface area (Å²) in [5.41, 5.74) is 4.58. The van der Waals surface area contributed by atoms with Crippen LogP contribution in [-0.2, 0) is 20.0 Å². The van der Waals surface area contributed by atoms with Gasteiger partial charge in [-0.25, -0.2) is 5.06 Å². The molecule has 0 aliphatic carbocycles. The van der Waals surface area contributed by atoms with Gasteiger partial charge in [0, 0.05) is 33.5 Å². The lowest BCUT2D eigenvalue weighted by Crippen LogP contribution is -2.23. The van der Waals surface area contributed by atoms with Crippen molar-refractivity contribution in [3.8, 4) is 0 Å². The summed E-state index contributed by atoms with van der Waals surface area (Å²) in [5, 5.41) is 35.8. The number of benzene rings is 1. The van der Waals surface area contributed by atoms with Crippen LogP contribution in [-0.4, -0.2) is 39.2 Å². The van der Waals surface area contributed by atoms with Crippen molar-refractivity contribution >= 4 is 42.8 Å². The molecule has 32 heavy (non-hydrogen) atoms. The predicted molar refractivity (Wildman–Crippen MR) is 134 cm³/mol. The Kier molecular flexibility index (Phi) is 6.49. The van der Waals surface area contributed by atoms with Crippen molar-refractivity contribution in [3.63, 3.8) is 0 Å². The minimum absolute atomic E-state index is 0.299. The Labute approximate surface area is 196 Å². The second-order valence-corrected chi connectivity index (χ2v) is 9.30.